The van der Waals surface area contributed by atoms with Gasteiger partial charge in [0.05, 0.1) is 5.01 Å². The number of hydrogen-bond donors (Lipinski definition) is 2. The van der Waals surface area contributed by atoms with Crippen LogP contribution in [0.4, 0.5) is 0 Å². The van der Waals surface area contributed by atoms with E-state index in [4.69, 9.17) is 0 Å². The second kappa shape index (κ2) is 5.25. The molecule has 1 saturated heterocycles. The van der Waals surface area contributed by atoms with E-state index in [0.29, 0.717) is 5.41 Å². The van der Waals surface area contributed by atoms with Gasteiger partial charge in [0.25, 0.3) is 0 Å². The van der Waals surface area contributed by atoms with Crippen LogP contribution in [0, 0.1) is 12.3 Å². The minimum Gasteiger partial charge on any atom is -0.316 e. The maximum atomic E-state index is 4.46. The number of nitrogens with zero attached hydrogens (tertiary/aromatic N) is 1. The van der Waals surface area contributed by atoms with Crippen LogP contribution in [0.25, 0.3) is 0 Å². The van der Waals surface area contributed by atoms with E-state index in [2.05, 4.69) is 34.8 Å². The van der Waals surface area contributed by atoms with Crippen LogP contribution in [0.3, 0.4) is 0 Å². The van der Waals surface area contributed by atoms with Gasteiger partial charge in [0.15, 0.2) is 0 Å². The molecule has 1 fully saturated rings. The molecule has 1 aromatic rings. The highest BCUT2D eigenvalue weighted by Gasteiger charge is 2.27. The van der Waals surface area contributed by atoms with E-state index in [9.17, 15) is 0 Å². The van der Waals surface area contributed by atoms with E-state index < -0.39 is 0 Å². The van der Waals surface area contributed by atoms with Gasteiger partial charge in [0.1, 0.15) is 0 Å². The van der Waals surface area contributed by atoms with Crippen molar-refractivity contribution in [3.05, 3.63) is 16.1 Å². The number of rotatable bonds is 5. The van der Waals surface area contributed by atoms with Gasteiger partial charge in [0.2, 0.25) is 0 Å². The van der Waals surface area contributed by atoms with Crippen LogP contribution in [0.15, 0.2) is 5.38 Å². The third-order valence-electron chi connectivity index (χ3n) is 3.19. The zero-order valence-electron chi connectivity index (χ0n) is 10.2. The van der Waals surface area contributed by atoms with Crippen molar-refractivity contribution >= 4 is 11.3 Å². The molecule has 1 aliphatic rings. The van der Waals surface area contributed by atoms with Gasteiger partial charge < -0.3 is 10.6 Å². The molecule has 1 aromatic heterocycles. The van der Waals surface area contributed by atoms with Gasteiger partial charge in [-0.15, -0.1) is 11.3 Å². The van der Waals surface area contributed by atoms with E-state index >= 15 is 0 Å². The van der Waals surface area contributed by atoms with Crippen molar-refractivity contribution in [2.24, 2.45) is 5.41 Å². The number of aromatic nitrogens is 1. The predicted octanol–water partition coefficient (Wildman–Crippen LogP) is 1.58. The Morgan fingerprint density at radius 3 is 3.12 bits per heavy atom. The van der Waals surface area contributed by atoms with Gasteiger partial charge in [-0.2, -0.15) is 0 Å². The zero-order chi connectivity index (χ0) is 11.4. The van der Waals surface area contributed by atoms with E-state index in [-0.39, 0.29) is 0 Å². The van der Waals surface area contributed by atoms with Gasteiger partial charge in [-0.05, 0) is 25.3 Å². The first-order valence-corrected chi connectivity index (χ1v) is 6.88. The Labute approximate surface area is 102 Å². The van der Waals surface area contributed by atoms with Gasteiger partial charge in [0, 0.05) is 37.1 Å². The molecular weight excluding hydrogens is 218 g/mol. The summed E-state index contributed by atoms with van der Waals surface area (Å²) in [5, 5.41) is 10.3. The molecule has 16 heavy (non-hydrogen) atoms. The highest BCUT2D eigenvalue weighted by molar-refractivity contribution is 7.09. The quantitative estimate of drug-likeness (QED) is 0.766. The molecule has 0 saturated carbocycles. The van der Waals surface area contributed by atoms with E-state index in [1.54, 1.807) is 11.3 Å². The summed E-state index contributed by atoms with van der Waals surface area (Å²) in [4.78, 5) is 4.46. The first-order chi connectivity index (χ1) is 7.68. The summed E-state index contributed by atoms with van der Waals surface area (Å²) in [5.41, 5.74) is 1.60. The fourth-order valence-corrected chi connectivity index (χ4v) is 2.90. The van der Waals surface area contributed by atoms with Crippen LogP contribution in [0.5, 0.6) is 0 Å². The summed E-state index contributed by atoms with van der Waals surface area (Å²) >= 11 is 1.77. The molecule has 2 N–H and O–H groups in total. The van der Waals surface area contributed by atoms with E-state index in [1.165, 1.54) is 18.0 Å². The number of nitrogens with one attached hydrogen (secondary N) is 2. The van der Waals surface area contributed by atoms with Crippen molar-refractivity contribution in [2.45, 2.75) is 26.7 Å². The molecule has 0 radical (unpaired) electrons. The fraction of sp³-hybridized carbons (Fsp3) is 0.750. The lowest BCUT2D eigenvalue weighted by Gasteiger charge is -2.22. The molecule has 0 bridgehead atoms. The van der Waals surface area contributed by atoms with E-state index in [0.717, 1.165) is 31.7 Å². The molecule has 2 heterocycles. The summed E-state index contributed by atoms with van der Waals surface area (Å²) in [6.07, 6.45) is 2.35. The Bertz CT molecular complexity index is 329. The van der Waals surface area contributed by atoms with Crippen molar-refractivity contribution < 1.29 is 0 Å². The van der Waals surface area contributed by atoms with Gasteiger partial charge in [-0.3, -0.25) is 0 Å². The minimum atomic E-state index is 0.457. The minimum absolute atomic E-state index is 0.457. The smallest absolute Gasteiger partial charge is 0.0940 e. The number of thiazole rings is 1. The van der Waals surface area contributed by atoms with Crippen LogP contribution in [-0.4, -0.2) is 31.2 Å². The van der Waals surface area contributed by atoms with Gasteiger partial charge in [-0.25, -0.2) is 4.98 Å². The summed E-state index contributed by atoms with van der Waals surface area (Å²) in [6.45, 7) is 8.89. The lowest BCUT2D eigenvalue weighted by molar-refractivity contribution is 0.341. The summed E-state index contributed by atoms with van der Waals surface area (Å²) in [5.74, 6) is 0. The molecular formula is C12H21N3S. The molecule has 0 aliphatic carbocycles. The second-order valence-electron chi connectivity index (χ2n) is 5.05. The maximum absolute atomic E-state index is 4.46. The molecule has 90 valence electrons. The Kier molecular flexibility index (Phi) is 3.95. The topological polar surface area (TPSA) is 37.0 Å². The average Bonchev–Trinajstić information content (AvgIpc) is 2.84. The highest BCUT2D eigenvalue weighted by Crippen LogP contribution is 2.22. The molecule has 1 aliphatic heterocycles. The Morgan fingerprint density at radius 2 is 2.50 bits per heavy atom. The molecule has 0 aromatic carbocycles. The van der Waals surface area contributed by atoms with Crippen LogP contribution < -0.4 is 10.6 Å². The summed E-state index contributed by atoms with van der Waals surface area (Å²) in [6, 6.07) is 0. The summed E-state index contributed by atoms with van der Waals surface area (Å²) < 4.78 is 0. The highest BCUT2D eigenvalue weighted by atomic mass is 32.1. The largest absolute Gasteiger partial charge is 0.316 e. The normalized spacial score (nSPS) is 25.1. The molecule has 1 atom stereocenters. The van der Waals surface area contributed by atoms with Crippen LogP contribution >= 0.6 is 11.3 Å². The molecule has 3 nitrogen and oxygen atoms in total. The van der Waals surface area contributed by atoms with Crippen molar-refractivity contribution in [3.8, 4) is 0 Å². The molecule has 2 rings (SSSR count). The molecule has 0 amide bonds. The predicted molar refractivity (Wildman–Crippen MR) is 69.0 cm³/mol. The zero-order valence-corrected chi connectivity index (χ0v) is 11.0. The number of aryl methyl sites for hydroxylation is 1. The van der Waals surface area contributed by atoms with Crippen LogP contribution in [-0.2, 0) is 6.42 Å². The lowest BCUT2D eigenvalue weighted by Crippen LogP contribution is -2.34. The maximum Gasteiger partial charge on any atom is 0.0940 e. The first kappa shape index (κ1) is 12.0. The number of hydrogen-bond acceptors (Lipinski definition) is 4. The van der Waals surface area contributed by atoms with Crippen molar-refractivity contribution in [3.63, 3.8) is 0 Å². The van der Waals surface area contributed by atoms with Crippen molar-refractivity contribution in [1.29, 1.82) is 0 Å². The third kappa shape index (κ3) is 3.27. The fourth-order valence-electron chi connectivity index (χ4n) is 2.12. The average molecular weight is 239 g/mol. The summed E-state index contributed by atoms with van der Waals surface area (Å²) in [7, 11) is 0. The standard InChI is InChI=1S/C12H21N3S/c1-10-7-16-11(15-10)3-5-13-8-12(2)4-6-14-9-12/h7,13-14H,3-6,8-9H2,1-2H3. The van der Waals surface area contributed by atoms with Gasteiger partial charge >= 0.3 is 0 Å². The van der Waals surface area contributed by atoms with Crippen LogP contribution in [0.1, 0.15) is 24.0 Å². The SMILES string of the molecule is Cc1csc(CCNCC2(C)CCNC2)n1. The molecule has 0 spiro atoms. The third-order valence-corrected chi connectivity index (χ3v) is 4.22. The molecule has 4 heteroatoms. The Morgan fingerprint density at radius 1 is 1.62 bits per heavy atom. The van der Waals surface area contributed by atoms with Crippen LogP contribution in [0.2, 0.25) is 0 Å². The molecule has 1 unspecified atom stereocenters. The van der Waals surface area contributed by atoms with Crippen molar-refractivity contribution in [2.75, 3.05) is 26.2 Å². The monoisotopic (exact) mass is 239 g/mol. The first-order valence-electron chi connectivity index (χ1n) is 6.00. The van der Waals surface area contributed by atoms with E-state index in [1.807, 2.05) is 0 Å². The lowest BCUT2D eigenvalue weighted by atomic mass is 9.90. The Hall–Kier alpha value is -0.450. The second-order valence-corrected chi connectivity index (χ2v) is 5.99. The van der Waals surface area contributed by atoms with Crippen molar-refractivity contribution in [1.82, 2.24) is 15.6 Å². The van der Waals surface area contributed by atoms with Gasteiger partial charge in [-0.1, -0.05) is 6.92 Å². The Balaban J connectivity index is 1.65.